The molecule has 0 aliphatic rings. The van der Waals surface area contributed by atoms with Crippen LogP contribution in [-0.4, -0.2) is 40.1 Å². The van der Waals surface area contributed by atoms with Crippen LogP contribution in [0.5, 0.6) is 0 Å². The third kappa shape index (κ3) is 3.36. The van der Waals surface area contributed by atoms with Crippen LogP contribution in [0.1, 0.15) is 54.1 Å². The van der Waals surface area contributed by atoms with Crippen LogP contribution >= 0.6 is 0 Å². The van der Waals surface area contributed by atoms with Crippen molar-refractivity contribution >= 4 is 11.6 Å². The van der Waals surface area contributed by atoms with Crippen LogP contribution in [0.4, 0.5) is 0 Å². The Kier molecular flexibility index (Phi) is 5.11. The van der Waals surface area contributed by atoms with Gasteiger partial charge in [0.15, 0.2) is 5.65 Å². The minimum absolute atomic E-state index is 0.180. The topological polar surface area (TPSA) is 94.9 Å². The van der Waals surface area contributed by atoms with Gasteiger partial charge in [0.05, 0.1) is 29.3 Å². The highest BCUT2D eigenvalue weighted by molar-refractivity contribution is 6.00. The zero-order chi connectivity index (χ0) is 21.4. The zero-order valence-electron chi connectivity index (χ0n) is 17.9. The van der Waals surface area contributed by atoms with E-state index in [4.69, 9.17) is 0 Å². The maximum absolute atomic E-state index is 13.0. The summed E-state index contributed by atoms with van der Waals surface area (Å²) in [5, 5.41) is 16.5. The molecule has 1 amide bonds. The first-order chi connectivity index (χ1) is 14.4. The first kappa shape index (κ1) is 19.8. The fourth-order valence-corrected chi connectivity index (χ4v) is 3.66. The number of nitrogens with zero attached hydrogens (tertiary/aromatic N) is 7. The van der Waals surface area contributed by atoms with E-state index in [1.54, 1.807) is 16.9 Å². The van der Waals surface area contributed by atoms with E-state index < -0.39 is 0 Å². The summed E-state index contributed by atoms with van der Waals surface area (Å²) in [6, 6.07) is 1.71. The number of hydrogen-bond donors (Lipinski definition) is 1. The standard InChI is InChI=1S/C21H26N8O/c1-6-27-11-17(14(4)25-27)13(3)24-21(30)16-10-23-29-19(8-9-22-20(16)29)18-12-28(7-2)26-15(18)5/h8-13H,6-7H2,1-5H3,(H,24,30). The molecule has 0 spiro atoms. The van der Waals surface area contributed by atoms with E-state index in [1.165, 1.54) is 0 Å². The van der Waals surface area contributed by atoms with Crippen molar-refractivity contribution in [1.29, 1.82) is 0 Å². The largest absolute Gasteiger partial charge is 0.345 e. The predicted molar refractivity (Wildman–Crippen MR) is 113 cm³/mol. The number of aromatic nitrogens is 7. The molecule has 0 bridgehead atoms. The lowest BCUT2D eigenvalue weighted by Crippen LogP contribution is -2.26. The van der Waals surface area contributed by atoms with E-state index in [9.17, 15) is 4.79 Å². The number of carbonyl (C=O) groups is 1. The van der Waals surface area contributed by atoms with Gasteiger partial charge in [0.25, 0.3) is 5.91 Å². The zero-order valence-corrected chi connectivity index (χ0v) is 17.9. The van der Waals surface area contributed by atoms with Crippen molar-refractivity contribution in [2.75, 3.05) is 0 Å². The molecule has 1 N–H and O–H groups in total. The van der Waals surface area contributed by atoms with Crippen molar-refractivity contribution in [3.8, 4) is 11.3 Å². The molecule has 0 aromatic carbocycles. The fraction of sp³-hybridized carbons (Fsp3) is 0.381. The van der Waals surface area contributed by atoms with Crippen LogP contribution in [-0.2, 0) is 13.1 Å². The minimum Gasteiger partial charge on any atom is -0.345 e. The Balaban J connectivity index is 1.66. The van der Waals surface area contributed by atoms with Crippen molar-refractivity contribution in [3.63, 3.8) is 0 Å². The van der Waals surface area contributed by atoms with Gasteiger partial charge in [-0.3, -0.25) is 14.2 Å². The van der Waals surface area contributed by atoms with Gasteiger partial charge in [-0.25, -0.2) is 9.50 Å². The average molecular weight is 406 g/mol. The molecule has 4 aromatic heterocycles. The molecule has 9 nitrogen and oxygen atoms in total. The maximum atomic E-state index is 13.0. The Bertz CT molecular complexity index is 1220. The lowest BCUT2D eigenvalue weighted by molar-refractivity contribution is 0.0941. The molecule has 1 unspecified atom stereocenters. The van der Waals surface area contributed by atoms with E-state index in [0.29, 0.717) is 11.2 Å². The lowest BCUT2D eigenvalue weighted by Gasteiger charge is -2.12. The molecule has 30 heavy (non-hydrogen) atoms. The van der Waals surface area contributed by atoms with Crippen molar-refractivity contribution in [1.82, 2.24) is 39.5 Å². The fourth-order valence-electron chi connectivity index (χ4n) is 3.66. The van der Waals surface area contributed by atoms with Gasteiger partial charge in [-0.1, -0.05) is 0 Å². The van der Waals surface area contributed by atoms with Gasteiger partial charge >= 0.3 is 0 Å². The number of rotatable bonds is 6. The van der Waals surface area contributed by atoms with Crippen LogP contribution in [0.3, 0.4) is 0 Å². The Hall–Kier alpha value is -3.49. The highest BCUT2D eigenvalue weighted by atomic mass is 16.1. The summed E-state index contributed by atoms with van der Waals surface area (Å²) in [7, 11) is 0. The Morgan fingerprint density at radius 3 is 2.47 bits per heavy atom. The van der Waals surface area contributed by atoms with Gasteiger partial charge < -0.3 is 5.32 Å². The van der Waals surface area contributed by atoms with Crippen LogP contribution < -0.4 is 5.32 Å². The van der Waals surface area contributed by atoms with E-state index in [0.717, 1.165) is 41.3 Å². The summed E-state index contributed by atoms with van der Waals surface area (Å²) in [6.07, 6.45) is 7.23. The first-order valence-electron chi connectivity index (χ1n) is 10.1. The smallest absolute Gasteiger partial charge is 0.257 e. The summed E-state index contributed by atoms with van der Waals surface area (Å²) < 4.78 is 5.45. The Morgan fingerprint density at radius 1 is 1.10 bits per heavy atom. The highest BCUT2D eigenvalue weighted by Crippen LogP contribution is 2.24. The van der Waals surface area contributed by atoms with E-state index in [1.807, 2.05) is 62.4 Å². The van der Waals surface area contributed by atoms with Gasteiger partial charge in [0, 0.05) is 42.8 Å². The quantitative estimate of drug-likeness (QED) is 0.531. The van der Waals surface area contributed by atoms with Crippen LogP contribution in [0, 0.1) is 13.8 Å². The van der Waals surface area contributed by atoms with E-state index >= 15 is 0 Å². The summed E-state index contributed by atoms with van der Waals surface area (Å²) in [5.74, 6) is -0.216. The number of carbonyl (C=O) groups excluding carboxylic acids is 1. The minimum atomic E-state index is -0.216. The third-order valence-corrected chi connectivity index (χ3v) is 5.31. The van der Waals surface area contributed by atoms with Gasteiger partial charge in [0.2, 0.25) is 0 Å². The highest BCUT2D eigenvalue weighted by Gasteiger charge is 2.21. The Morgan fingerprint density at radius 2 is 1.80 bits per heavy atom. The molecule has 0 aliphatic heterocycles. The molecular formula is C21H26N8O. The van der Waals surface area contributed by atoms with Gasteiger partial charge in [-0.15, -0.1) is 0 Å². The molecule has 0 aliphatic carbocycles. The number of hydrogen-bond acceptors (Lipinski definition) is 5. The molecule has 4 aromatic rings. The normalized spacial score (nSPS) is 12.4. The van der Waals surface area contributed by atoms with Gasteiger partial charge in [-0.2, -0.15) is 15.3 Å². The van der Waals surface area contributed by atoms with Gasteiger partial charge in [-0.05, 0) is 40.7 Å². The molecule has 0 fully saturated rings. The average Bonchev–Trinajstić information content (AvgIpc) is 3.43. The Labute approximate surface area is 174 Å². The molecule has 0 radical (unpaired) electrons. The SMILES string of the molecule is CCn1cc(-c2ccnc3c(C(=O)NC(C)c4cn(CC)nc4C)cnn23)c(C)n1. The van der Waals surface area contributed by atoms with E-state index in [2.05, 4.69) is 25.6 Å². The predicted octanol–water partition coefficient (Wildman–Crippen LogP) is 2.94. The summed E-state index contributed by atoms with van der Waals surface area (Å²) in [5.41, 5.74) is 5.58. The van der Waals surface area contributed by atoms with Crippen LogP contribution in [0.2, 0.25) is 0 Å². The monoisotopic (exact) mass is 406 g/mol. The number of aryl methyl sites for hydroxylation is 4. The molecular weight excluding hydrogens is 380 g/mol. The van der Waals surface area contributed by atoms with Gasteiger partial charge in [0.1, 0.15) is 5.56 Å². The summed E-state index contributed by atoms with van der Waals surface area (Å²) >= 11 is 0. The molecule has 1 atom stereocenters. The summed E-state index contributed by atoms with van der Waals surface area (Å²) in [6.45, 7) is 11.5. The van der Waals surface area contributed by atoms with Crippen molar-refractivity contribution < 1.29 is 4.79 Å². The lowest BCUT2D eigenvalue weighted by atomic mass is 10.1. The van der Waals surface area contributed by atoms with Crippen molar-refractivity contribution in [2.24, 2.45) is 0 Å². The van der Waals surface area contributed by atoms with Crippen molar-refractivity contribution in [3.05, 3.63) is 53.4 Å². The molecule has 0 saturated heterocycles. The second-order valence-corrected chi connectivity index (χ2v) is 7.33. The van der Waals surface area contributed by atoms with Crippen molar-refractivity contribution in [2.45, 2.75) is 53.8 Å². The number of fused-ring (bicyclic) bond motifs is 1. The molecule has 4 rings (SSSR count). The number of amides is 1. The molecule has 4 heterocycles. The van der Waals surface area contributed by atoms with Crippen LogP contribution in [0.25, 0.3) is 16.9 Å². The molecule has 0 saturated carbocycles. The summed E-state index contributed by atoms with van der Waals surface area (Å²) in [4.78, 5) is 17.4. The molecule has 156 valence electrons. The number of nitrogens with one attached hydrogen (secondary N) is 1. The third-order valence-electron chi connectivity index (χ3n) is 5.31. The second-order valence-electron chi connectivity index (χ2n) is 7.33. The van der Waals surface area contributed by atoms with E-state index in [-0.39, 0.29) is 11.9 Å². The first-order valence-corrected chi connectivity index (χ1v) is 10.1. The maximum Gasteiger partial charge on any atom is 0.257 e. The van der Waals surface area contributed by atoms with Crippen LogP contribution in [0.15, 0.2) is 30.9 Å². The second kappa shape index (κ2) is 7.74. The molecule has 9 heteroatoms.